The number of benzene rings is 2. The molecule has 0 fully saturated rings. The number of aromatic nitrogens is 4. The van der Waals surface area contributed by atoms with Crippen molar-refractivity contribution < 1.29 is 4.79 Å². The minimum Gasteiger partial charge on any atom is -0.323 e. The highest BCUT2D eigenvalue weighted by Gasteiger charge is 2.17. The van der Waals surface area contributed by atoms with Gasteiger partial charge in [-0.1, -0.05) is 43.7 Å². The Balaban J connectivity index is 1.86. The lowest BCUT2D eigenvalue weighted by molar-refractivity contribution is -0.114. The smallest absolute Gasteiger partial charge is 0.323 e. The number of aryl methyl sites for hydroxylation is 1. The summed E-state index contributed by atoms with van der Waals surface area (Å²) in [6, 6.07) is 13.9. The maximum Gasteiger partial charge on any atom is 0.326 e. The van der Waals surface area contributed by atoms with E-state index in [1.165, 1.54) is 6.92 Å². The number of H-pyrrole nitrogens is 2. The van der Waals surface area contributed by atoms with Crippen LogP contribution in [0.3, 0.4) is 0 Å². The molecule has 0 spiro atoms. The molecule has 154 valence electrons. The van der Waals surface area contributed by atoms with Gasteiger partial charge in [-0.15, -0.1) is 0 Å². The maximum atomic E-state index is 12.4. The highest BCUT2D eigenvalue weighted by Crippen LogP contribution is 2.33. The van der Waals surface area contributed by atoms with Crippen molar-refractivity contribution in [2.24, 2.45) is 5.92 Å². The van der Waals surface area contributed by atoms with Crippen molar-refractivity contribution in [2.45, 2.75) is 34.2 Å². The summed E-state index contributed by atoms with van der Waals surface area (Å²) in [4.78, 5) is 34.8. The zero-order chi connectivity index (χ0) is 21.4. The summed E-state index contributed by atoms with van der Waals surface area (Å²) in [5.41, 5.74) is 5.99. The van der Waals surface area contributed by atoms with Gasteiger partial charge in [-0.2, -0.15) is 0 Å². The van der Waals surface area contributed by atoms with Crippen LogP contribution >= 0.6 is 0 Å². The minimum absolute atomic E-state index is 0.113. The largest absolute Gasteiger partial charge is 0.326 e. The van der Waals surface area contributed by atoms with E-state index in [0.717, 1.165) is 39.1 Å². The van der Waals surface area contributed by atoms with Gasteiger partial charge in [0.05, 0.1) is 22.4 Å². The van der Waals surface area contributed by atoms with Crippen molar-refractivity contribution in [2.75, 3.05) is 5.32 Å². The van der Waals surface area contributed by atoms with Crippen molar-refractivity contribution in [1.82, 2.24) is 19.5 Å². The van der Waals surface area contributed by atoms with Crippen LogP contribution in [-0.2, 0) is 11.3 Å². The van der Waals surface area contributed by atoms with Gasteiger partial charge < -0.3 is 9.97 Å². The number of aromatic amines is 2. The molecule has 2 aromatic carbocycles. The summed E-state index contributed by atoms with van der Waals surface area (Å²) in [6.07, 6.45) is 0. The van der Waals surface area contributed by atoms with Gasteiger partial charge >= 0.3 is 5.69 Å². The quantitative estimate of drug-likeness (QED) is 0.463. The molecule has 0 aliphatic rings. The molecule has 2 aromatic heterocycles. The number of anilines is 1. The second-order valence-electron chi connectivity index (χ2n) is 8.03. The number of carbonyl (C=O) groups excluding carboxylic acids is 1. The molecule has 1 amide bonds. The first-order valence-electron chi connectivity index (χ1n) is 9.99. The van der Waals surface area contributed by atoms with Gasteiger partial charge in [0.15, 0.2) is 0 Å². The summed E-state index contributed by atoms with van der Waals surface area (Å²) < 4.78 is 1.76. The van der Waals surface area contributed by atoms with Crippen LogP contribution in [0.15, 0.2) is 47.3 Å². The fourth-order valence-electron chi connectivity index (χ4n) is 3.67. The number of nitrogens with one attached hydrogen (secondary N) is 3. The molecule has 7 nitrogen and oxygen atoms in total. The molecule has 0 saturated carbocycles. The highest BCUT2D eigenvalue weighted by molar-refractivity contribution is 5.90. The van der Waals surface area contributed by atoms with Crippen molar-refractivity contribution in [3.05, 3.63) is 58.5 Å². The van der Waals surface area contributed by atoms with Crippen molar-refractivity contribution in [1.29, 1.82) is 0 Å². The predicted octanol–water partition coefficient (Wildman–Crippen LogP) is 4.31. The van der Waals surface area contributed by atoms with E-state index >= 15 is 0 Å². The molecular formula is C23H25N5O2. The summed E-state index contributed by atoms with van der Waals surface area (Å²) in [5, 5.41) is 2.72. The number of amides is 1. The Kier molecular flexibility index (Phi) is 5.03. The Morgan fingerprint density at radius 2 is 1.93 bits per heavy atom. The molecule has 0 aliphatic carbocycles. The molecule has 4 aromatic rings. The summed E-state index contributed by atoms with van der Waals surface area (Å²) in [6.45, 7) is 8.30. The molecule has 0 aliphatic heterocycles. The maximum absolute atomic E-state index is 12.4. The Bertz CT molecular complexity index is 1290. The minimum atomic E-state index is -0.198. The lowest BCUT2D eigenvalue weighted by Gasteiger charge is -2.07. The van der Waals surface area contributed by atoms with E-state index in [4.69, 9.17) is 0 Å². The van der Waals surface area contributed by atoms with Gasteiger partial charge in [-0.25, -0.2) is 9.78 Å². The molecule has 0 radical (unpaired) electrons. The number of rotatable bonds is 5. The zero-order valence-electron chi connectivity index (χ0n) is 17.5. The second-order valence-corrected chi connectivity index (χ2v) is 8.03. The van der Waals surface area contributed by atoms with Crippen molar-refractivity contribution in [3.8, 4) is 22.5 Å². The second kappa shape index (κ2) is 7.67. The fraction of sp³-hybridized carbons (Fsp3) is 0.261. The topological polar surface area (TPSA) is 95.6 Å². The van der Waals surface area contributed by atoms with E-state index in [1.807, 2.05) is 43.3 Å². The van der Waals surface area contributed by atoms with Gasteiger partial charge in [0.1, 0.15) is 0 Å². The molecule has 7 heteroatoms. The van der Waals surface area contributed by atoms with Crippen LogP contribution < -0.4 is 11.0 Å². The number of carbonyl (C=O) groups is 1. The van der Waals surface area contributed by atoms with Crippen LogP contribution in [0.5, 0.6) is 0 Å². The van der Waals surface area contributed by atoms with E-state index in [-0.39, 0.29) is 11.6 Å². The van der Waals surface area contributed by atoms with E-state index in [1.54, 1.807) is 4.57 Å². The normalized spacial score (nSPS) is 11.4. The van der Waals surface area contributed by atoms with Crippen LogP contribution in [0.4, 0.5) is 5.95 Å². The average Bonchev–Trinajstić information content (AvgIpc) is 3.22. The molecule has 0 bridgehead atoms. The number of hydrogen-bond donors (Lipinski definition) is 3. The molecule has 4 rings (SSSR count). The van der Waals surface area contributed by atoms with Crippen LogP contribution in [0.2, 0.25) is 0 Å². The molecule has 3 N–H and O–H groups in total. The number of hydrogen-bond acceptors (Lipinski definition) is 3. The fourth-order valence-corrected chi connectivity index (χ4v) is 3.67. The van der Waals surface area contributed by atoms with Crippen LogP contribution in [-0.4, -0.2) is 25.4 Å². The zero-order valence-corrected chi connectivity index (χ0v) is 17.5. The molecule has 0 saturated heterocycles. The number of nitrogens with zero attached hydrogens (tertiary/aromatic N) is 2. The Labute approximate surface area is 174 Å². The lowest BCUT2D eigenvalue weighted by atomic mass is 10.0. The standard InChI is InChI=1S/C23H25N5O2/c1-13(2)12-28-19-9-8-17(11-18(19)25-23(28)30)21-20(16-7-5-6-14(3)10-16)26-22(27-21)24-15(4)29/h5-11,13H,12H2,1-4H3,(H,25,30)(H2,24,26,27,29). The average molecular weight is 403 g/mol. The van der Waals surface area contributed by atoms with Crippen molar-refractivity contribution >= 4 is 22.9 Å². The third-order valence-electron chi connectivity index (χ3n) is 4.90. The van der Waals surface area contributed by atoms with Crippen molar-refractivity contribution in [3.63, 3.8) is 0 Å². The first-order chi connectivity index (χ1) is 14.3. The molecule has 0 unspecified atom stereocenters. The molecular weight excluding hydrogens is 378 g/mol. The lowest BCUT2D eigenvalue weighted by Crippen LogP contribution is -2.19. The molecule has 0 atom stereocenters. The molecule has 2 heterocycles. The Morgan fingerprint density at radius 3 is 2.63 bits per heavy atom. The Hall–Kier alpha value is -3.61. The van der Waals surface area contributed by atoms with E-state index < -0.39 is 0 Å². The third-order valence-corrected chi connectivity index (χ3v) is 4.90. The highest BCUT2D eigenvalue weighted by atomic mass is 16.2. The first kappa shape index (κ1) is 19.7. The van der Waals surface area contributed by atoms with E-state index in [0.29, 0.717) is 18.4 Å². The van der Waals surface area contributed by atoms with Gasteiger partial charge in [-0.3, -0.25) is 14.7 Å². The van der Waals surface area contributed by atoms with Gasteiger partial charge in [0.2, 0.25) is 11.9 Å². The number of imidazole rings is 2. The Morgan fingerprint density at radius 1 is 1.13 bits per heavy atom. The summed E-state index contributed by atoms with van der Waals surface area (Å²) >= 11 is 0. The van der Waals surface area contributed by atoms with Gasteiger partial charge in [0, 0.05) is 24.6 Å². The SMILES string of the molecule is CC(=O)Nc1nc(-c2cccc(C)c2)c(-c2ccc3c(c2)[nH]c(=O)n3CC(C)C)[nH]1. The van der Waals surface area contributed by atoms with Gasteiger partial charge in [-0.05, 0) is 31.0 Å². The molecule has 30 heavy (non-hydrogen) atoms. The van der Waals surface area contributed by atoms with Crippen LogP contribution in [0.25, 0.3) is 33.5 Å². The monoisotopic (exact) mass is 403 g/mol. The summed E-state index contributed by atoms with van der Waals surface area (Å²) in [5.74, 6) is 0.554. The number of fused-ring (bicyclic) bond motifs is 1. The van der Waals surface area contributed by atoms with Crippen LogP contribution in [0.1, 0.15) is 26.3 Å². The van der Waals surface area contributed by atoms with E-state index in [2.05, 4.69) is 40.2 Å². The van der Waals surface area contributed by atoms with Crippen LogP contribution in [0, 0.1) is 12.8 Å². The van der Waals surface area contributed by atoms with Gasteiger partial charge in [0.25, 0.3) is 0 Å². The predicted molar refractivity (Wildman–Crippen MR) is 119 cm³/mol. The first-order valence-corrected chi connectivity index (χ1v) is 9.99. The third kappa shape index (κ3) is 3.78. The summed E-state index contributed by atoms with van der Waals surface area (Å²) in [7, 11) is 0. The van der Waals surface area contributed by atoms with E-state index in [9.17, 15) is 9.59 Å².